The van der Waals surface area contributed by atoms with Gasteiger partial charge in [-0.25, -0.2) is 0 Å². The van der Waals surface area contributed by atoms with Gasteiger partial charge >= 0.3 is 0 Å². The second-order valence-electron chi connectivity index (χ2n) is 15.8. The van der Waals surface area contributed by atoms with E-state index < -0.39 is 0 Å². The molecule has 11 rings (SSSR count). The van der Waals surface area contributed by atoms with Gasteiger partial charge in [-0.2, -0.15) is 0 Å². The minimum atomic E-state index is -0.110. The molecule has 0 atom stereocenters. The summed E-state index contributed by atoms with van der Waals surface area (Å²) in [6.45, 7) is 4.71. The molecule has 0 fully saturated rings. The molecule has 0 spiro atoms. The quantitative estimate of drug-likeness (QED) is 0.165. The number of anilines is 3. The fourth-order valence-electron chi connectivity index (χ4n) is 9.44. The van der Waals surface area contributed by atoms with Crippen LogP contribution in [-0.4, -0.2) is 4.57 Å². The van der Waals surface area contributed by atoms with Crippen LogP contribution in [0.25, 0.3) is 71.6 Å². The van der Waals surface area contributed by atoms with Crippen LogP contribution in [0.3, 0.4) is 0 Å². The molecule has 0 bridgehead atoms. The average Bonchev–Trinajstić information content (AvgIpc) is 3.72. The molecule has 1 heterocycles. The lowest BCUT2D eigenvalue weighted by Crippen LogP contribution is -2.16. The summed E-state index contributed by atoms with van der Waals surface area (Å²) in [4.78, 5) is 2.42. The maximum Gasteiger partial charge on any atom is 0.0541 e. The minimum Gasteiger partial charge on any atom is -0.310 e. The Morgan fingerprint density at radius 1 is 0.368 bits per heavy atom. The Labute approximate surface area is 333 Å². The standard InChI is InChI=1S/C55H40N2/c1-55(2)50-24-12-8-20-44(50)45-33-31-42(36-51(45)55)56(40-18-4-3-5-19-40)41-30-32-43(49(35-41)39-29-28-37-16-6-7-17-38(37)34-39)46-21-9-13-25-52(46)57-53-26-14-10-22-47(53)48-23-11-15-27-54(48)57/h3-36H,1-2H3. The molecule has 57 heavy (non-hydrogen) atoms. The Bertz CT molecular complexity index is 3110. The normalized spacial score (nSPS) is 12.9. The molecule has 1 aromatic heterocycles. The van der Waals surface area contributed by atoms with Crippen LogP contribution in [0.4, 0.5) is 17.1 Å². The highest BCUT2D eigenvalue weighted by molar-refractivity contribution is 6.10. The Morgan fingerprint density at radius 3 is 1.72 bits per heavy atom. The van der Waals surface area contributed by atoms with Gasteiger partial charge in [0.05, 0.1) is 16.7 Å². The monoisotopic (exact) mass is 728 g/mol. The third-order valence-electron chi connectivity index (χ3n) is 12.2. The first-order valence-electron chi connectivity index (χ1n) is 19.9. The molecule has 0 aliphatic heterocycles. The first-order chi connectivity index (χ1) is 28.0. The summed E-state index contributed by atoms with van der Waals surface area (Å²) in [6, 6.07) is 75.8. The van der Waals surface area contributed by atoms with Gasteiger partial charge in [-0.05, 0) is 110 Å². The molecule has 2 heteroatoms. The molecule has 0 amide bonds. The van der Waals surface area contributed by atoms with Crippen molar-refractivity contribution >= 4 is 49.6 Å². The zero-order valence-electron chi connectivity index (χ0n) is 32.0. The van der Waals surface area contributed by atoms with E-state index in [1.165, 1.54) is 77.1 Å². The van der Waals surface area contributed by atoms with E-state index in [0.29, 0.717) is 0 Å². The fourth-order valence-corrected chi connectivity index (χ4v) is 9.44. The van der Waals surface area contributed by atoms with E-state index in [2.05, 4.69) is 230 Å². The van der Waals surface area contributed by atoms with Gasteiger partial charge in [-0.1, -0.05) is 159 Å². The van der Waals surface area contributed by atoms with Gasteiger partial charge in [0.25, 0.3) is 0 Å². The zero-order valence-corrected chi connectivity index (χ0v) is 32.0. The number of rotatable bonds is 6. The Morgan fingerprint density at radius 2 is 0.947 bits per heavy atom. The van der Waals surface area contributed by atoms with E-state index >= 15 is 0 Å². The molecule has 10 aromatic rings. The summed E-state index contributed by atoms with van der Waals surface area (Å²) in [5.41, 5.74) is 16.9. The van der Waals surface area contributed by atoms with Crippen molar-refractivity contribution in [2.24, 2.45) is 0 Å². The lowest BCUT2D eigenvalue weighted by molar-refractivity contribution is 0.660. The molecule has 0 saturated carbocycles. The van der Waals surface area contributed by atoms with Crippen molar-refractivity contribution in [3.05, 3.63) is 217 Å². The average molecular weight is 729 g/mol. The Hall–Kier alpha value is -7.16. The van der Waals surface area contributed by atoms with Crippen molar-refractivity contribution in [1.82, 2.24) is 4.57 Å². The number of para-hydroxylation sites is 4. The highest BCUT2D eigenvalue weighted by Crippen LogP contribution is 2.51. The van der Waals surface area contributed by atoms with Gasteiger partial charge in [-0.15, -0.1) is 0 Å². The van der Waals surface area contributed by atoms with Crippen LogP contribution < -0.4 is 4.90 Å². The van der Waals surface area contributed by atoms with Crippen molar-refractivity contribution in [2.75, 3.05) is 4.90 Å². The first-order valence-corrected chi connectivity index (χ1v) is 19.9. The topological polar surface area (TPSA) is 8.17 Å². The number of fused-ring (bicyclic) bond motifs is 7. The number of benzene rings is 9. The van der Waals surface area contributed by atoms with E-state index in [1.807, 2.05) is 0 Å². The van der Waals surface area contributed by atoms with Crippen molar-refractivity contribution < 1.29 is 0 Å². The molecular weight excluding hydrogens is 689 g/mol. The molecule has 1 aliphatic carbocycles. The van der Waals surface area contributed by atoms with E-state index in [1.54, 1.807) is 0 Å². The third-order valence-corrected chi connectivity index (χ3v) is 12.2. The van der Waals surface area contributed by atoms with E-state index in [9.17, 15) is 0 Å². The zero-order chi connectivity index (χ0) is 38.1. The smallest absolute Gasteiger partial charge is 0.0541 e. The second kappa shape index (κ2) is 13.0. The molecule has 0 N–H and O–H groups in total. The SMILES string of the molecule is CC1(C)c2ccccc2-c2ccc(N(c3ccccc3)c3ccc(-c4ccccc4-n4c5ccccc5c5ccccc54)c(-c4ccc5ccccc5c4)c3)cc21. The molecule has 0 radical (unpaired) electrons. The summed E-state index contributed by atoms with van der Waals surface area (Å²) in [6.07, 6.45) is 0. The number of nitrogens with zero attached hydrogens (tertiary/aromatic N) is 2. The van der Waals surface area contributed by atoms with E-state index in [0.717, 1.165) is 22.7 Å². The van der Waals surface area contributed by atoms with Crippen LogP contribution in [0.15, 0.2) is 206 Å². The molecular formula is C55H40N2. The lowest BCUT2D eigenvalue weighted by atomic mass is 9.82. The van der Waals surface area contributed by atoms with E-state index in [4.69, 9.17) is 0 Å². The lowest BCUT2D eigenvalue weighted by Gasteiger charge is -2.29. The Balaban J connectivity index is 1.15. The first kappa shape index (κ1) is 33.2. The summed E-state index contributed by atoms with van der Waals surface area (Å²) >= 11 is 0. The summed E-state index contributed by atoms with van der Waals surface area (Å²) < 4.78 is 2.44. The van der Waals surface area contributed by atoms with Crippen LogP contribution in [0, 0.1) is 0 Å². The van der Waals surface area contributed by atoms with Crippen LogP contribution >= 0.6 is 0 Å². The largest absolute Gasteiger partial charge is 0.310 e. The van der Waals surface area contributed by atoms with Crippen molar-refractivity contribution in [1.29, 1.82) is 0 Å². The molecule has 9 aromatic carbocycles. The van der Waals surface area contributed by atoms with Gasteiger partial charge in [0.1, 0.15) is 0 Å². The van der Waals surface area contributed by atoms with Crippen LogP contribution in [0.5, 0.6) is 0 Å². The van der Waals surface area contributed by atoms with Crippen molar-refractivity contribution in [3.8, 4) is 39.1 Å². The molecule has 2 nitrogen and oxygen atoms in total. The summed E-state index contributed by atoms with van der Waals surface area (Å²) in [5.74, 6) is 0. The van der Waals surface area contributed by atoms with Crippen LogP contribution in [-0.2, 0) is 5.41 Å². The third kappa shape index (κ3) is 5.25. The highest BCUT2D eigenvalue weighted by Gasteiger charge is 2.35. The highest BCUT2D eigenvalue weighted by atomic mass is 15.1. The van der Waals surface area contributed by atoms with E-state index in [-0.39, 0.29) is 5.41 Å². The predicted octanol–water partition coefficient (Wildman–Crippen LogP) is 15.0. The van der Waals surface area contributed by atoms with Crippen molar-refractivity contribution in [3.63, 3.8) is 0 Å². The predicted molar refractivity (Wildman–Crippen MR) is 241 cm³/mol. The van der Waals surface area contributed by atoms with Gasteiger partial charge < -0.3 is 9.47 Å². The fraction of sp³-hybridized carbons (Fsp3) is 0.0545. The van der Waals surface area contributed by atoms with Gasteiger partial charge in [0, 0.05) is 38.8 Å². The molecule has 270 valence electrons. The minimum absolute atomic E-state index is 0.110. The molecule has 1 aliphatic rings. The maximum absolute atomic E-state index is 2.44. The number of hydrogen-bond acceptors (Lipinski definition) is 1. The van der Waals surface area contributed by atoms with Gasteiger partial charge in [0.15, 0.2) is 0 Å². The second-order valence-corrected chi connectivity index (χ2v) is 15.8. The van der Waals surface area contributed by atoms with Crippen LogP contribution in [0.2, 0.25) is 0 Å². The molecule has 0 unspecified atom stereocenters. The number of hydrogen-bond donors (Lipinski definition) is 0. The Kier molecular flexibility index (Phi) is 7.55. The maximum atomic E-state index is 2.44. The molecule has 0 saturated heterocycles. The summed E-state index contributed by atoms with van der Waals surface area (Å²) in [5, 5.41) is 4.97. The van der Waals surface area contributed by atoms with Crippen LogP contribution in [0.1, 0.15) is 25.0 Å². The summed E-state index contributed by atoms with van der Waals surface area (Å²) in [7, 11) is 0. The van der Waals surface area contributed by atoms with Gasteiger partial charge in [0.2, 0.25) is 0 Å². The van der Waals surface area contributed by atoms with Crippen molar-refractivity contribution in [2.45, 2.75) is 19.3 Å². The number of aromatic nitrogens is 1. The van der Waals surface area contributed by atoms with Gasteiger partial charge in [-0.3, -0.25) is 0 Å².